The van der Waals surface area contributed by atoms with Gasteiger partial charge < -0.3 is 15.1 Å². The minimum atomic E-state index is -0.311. The summed E-state index contributed by atoms with van der Waals surface area (Å²) in [5.74, 6) is 1.72. The van der Waals surface area contributed by atoms with E-state index in [1.165, 1.54) is 25.7 Å². The van der Waals surface area contributed by atoms with Crippen molar-refractivity contribution in [2.24, 2.45) is 17.8 Å². The first-order chi connectivity index (χ1) is 9.61. The number of carbonyl (C=O) groups excluding carboxylic acids is 2. The molecular weight excluding hydrogens is 254 g/mol. The smallest absolute Gasteiger partial charge is 0.246 e. The van der Waals surface area contributed by atoms with Crippen LogP contribution in [0.3, 0.4) is 0 Å². The molecule has 0 aromatic heterocycles. The van der Waals surface area contributed by atoms with Gasteiger partial charge in [-0.25, -0.2) is 0 Å². The van der Waals surface area contributed by atoms with Crippen molar-refractivity contribution in [3.05, 3.63) is 0 Å². The van der Waals surface area contributed by atoms with E-state index in [0.717, 1.165) is 6.54 Å². The zero-order valence-electron chi connectivity index (χ0n) is 12.5. The second-order valence-electron chi connectivity index (χ2n) is 6.62. The quantitative estimate of drug-likeness (QED) is 0.791. The van der Waals surface area contributed by atoms with Gasteiger partial charge in [0, 0.05) is 39.6 Å². The SMILES string of the molecule is CN(C)C(=O)C1CNCCN1C(=O)C1C2CCCCC21. The van der Waals surface area contributed by atoms with E-state index >= 15 is 0 Å². The van der Waals surface area contributed by atoms with Crippen molar-refractivity contribution < 1.29 is 9.59 Å². The van der Waals surface area contributed by atoms with Crippen molar-refractivity contribution in [1.29, 1.82) is 0 Å². The molecular formula is C15H25N3O2. The third kappa shape index (κ3) is 2.32. The number of fused-ring (bicyclic) bond motifs is 1. The second-order valence-corrected chi connectivity index (χ2v) is 6.62. The number of hydrogen-bond donors (Lipinski definition) is 1. The van der Waals surface area contributed by atoms with Gasteiger partial charge in [0.25, 0.3) is 0 Å². The Balaban J connectivity index is 1.70. The maximum atomic E-state index is 12.8. The van der Waals surface area contributed by atoms with Crippen molar-refractivity contribution in [3.63, 3.8) is 0 Å². The van der Waals surface area contributed by atoms with Crippen LogP contribution in [-0.4, -0.2) is 61.4 Å². The monoisotopic (exact) mass is 279 g/mol. The molecule has 3 atom stereocenters. The van der Waals surface area contributed by atoms with Gasteiger partial charge in [-0.2, -0.15) is 0 Å². The van der Waals surface area contributed by atoms with Crippen LogP contribution in [-0.2, 0) is 9.59 Å². The Morgan fingerprint density at radius 3 is 2.40 bits per heavy atom. The molecule has 0 spiro atoms. The number of carbonyl (C=O) groups is 2. The van der Waals surface area contributed by atoms with Crippen molar-refractivity contribution >= 4 is 11.8 Å². The van der Waals surface area contributed by atoms with E-state index in [4.69, 9.17) is 0 Å². The lowest BCUT2D eigenvalue weighted by atomic mass is 10.0. The van der Waals surface area contributed by atoms with Gasteiger partial charge in [0.2, 0.25) is 11.8 Å². The molecule has 20 heavy (non-hydrogen) atoms. The molecule has 3 fully saturated rings. The highest BCUT2D eigenvalue weighted by molar-refractivity contribution is 5.90. The summed E-state index contributed by atoms with van der Waals surface area (Å²) in [4.78, 5) is 28.5. The number of nitrogens with one attached hydrogen (secondary N) is 1. The molecule has 1 N–H and O–H groups in total. The zero-order chi connectivity index (χ0) is 14.3. The zero-order valence-corrected chi connectivity index (χ0v) is 12.5. The Morgan fingerprint density at radius 1 is 1.15 bits per heavy atom. The fourth-order valence-electron chi connectivity index (χ4n) is 4.04. The third-order valence-electron chi connectivity index (χ3n) is 5.19. The normalized spacial score (nSPS) is 36.2. The van der Waals surface area contributed by atoms with Crippen LogP contribution in [0.5, 0.6) is 0 Å². The van der Waals surface area contributed by atoms with Gasteiger partial charge in [-0.1, -0.05) is 12.8 Å². The predicted octanol–water partition coefficient (Wildman–Crippen LogP) is 0.311. The van der Waals surface area contributed by atoms with Crippen LogP contribution in [0.1, 0.15) is 25.7 Å². The number of piperazine rings is 1. The second kappa shape index (κ2) is 5.35. The predicted molar refractivity (Wildman–Crippen MR) is 76.0 cm³/mol. The summed E-state index contributed by atoms with van der Waals surface area (Å²) in [7, 11) is 3.52. The fourth-order valence-corrected chi connectivity index (χ4v) is 4.04. The molecule has 0 radical (unpaired) electrons. The Kier molecular flexibility index (Phi) is 3.71. The van der Waals surface area contributed by atoms with Gasteiger partial charge in [0.1, 0.15) is 6.04 Å². The molecule has 2 aliphatic carbocycles. The molecule has 3 aliphatic rings. The van der Waals surface area contributed by atoms with Crippen LogP contribution in [0, 0.1) is 17.8 Å². The maximum Gasteiger partial charge on any atom is 0.246 e. The summed E-state index contributed by atoms with van der Waals surface area (Å²) in [6, 6.07) is -0.311. The molecule has 3 rings (SSSR count). The van der Waals surface area contributed by atoms with E-state index < -0.39 is 0 Å². The first-order valence-corrected chi connectivity index (χ1v) is 7.83. The molecule has 112 valence electrons. The highest BCUT2D eigenvalue weighted by Gasteiger charge is 2.56. The topological polar surface area (TPSA) is 52.7 Å². The van der Waals surface area contributed by atoms with Crippen LogP contribution >= 0.6 is 0 Å². The van der Waals surface area contributed by atoms with Crippen LogP contribution in [0.2, 0.25) is 0 Å². The molecule has 0 aromatic rings. The molecule has 1 heterocycles. The van der Waals surface area contributed by atoms with E-state index in [9.17, 15) is 9.59 Å². The van der Waals surface area contributed by atoms with Crippen LogP contribution < -0.4 is 5.32 Å². The lowest BCUT2D eigenvalue weighted by Crippen LogP contribution is -2.59. The summed E-state index contributed by atoms with van der Waals surface area (Å²) >= 11 is 0. The van der Waals surface area contributed by atoms with E-state index in [1.54, 1.807) is 19.0 Å². The molecule has 0 aromatic carbocycles. The molecule has 2 amide bonds. The number of rotatable bonds is 2. The van der Waals surface area contributed by atoms with Crippen molar-refractivity contribution in [2.45, 2.75) is 31.7 Å². The van der Waals surface area contributed by atoms with E-state index in [2.05, 4.69) is 5.32 Å². The summed E-state index contributed by atoms with van der Waals surface area (Å²) in [5, 5.41) is 3.24. The van der Waals surface area contributed by atoms with Crippen LogP contribution in [0.4, 0.5) is 0 Å². The molecule has 1 aliphatic heterocycles. The Labute approximate surface area is 120 Å². The highest BCUT2D eigenvalue weighted by atomic mass is 16.2. The van der Waals surface area contributed by atoms with Gasteiger partial charge in [0.05, 0.1) is 0 Å². The fraction of sp³-hybridized carbons (Fsp3) is 0.867. The summed E-state index contributed by atoms with van der Waals surface area (Å²) < 4.78 is 0. The molecule has 2 saturated carbocycles. The molecule has 3 unspecified atom stereocenters. The van der Waals surface area contributed by atoms with Crippen LogP contribution in [0.25, 0.3) is 0 Å². The minimum Gasteiger partial charge on any atom is -0.347 e. The first kappa shape index (κ1) is 13.9. The van der Waals surface area contributed by atoms with Crippen molar-refractivity contribution in [1.82, 2.24) is 15.1 Å². The lowest BCUT2D eigenvalue weighted by Gasteiger charge is -2.36. The van der Waals surface area contributed by atoms with Crippen molar-refractivity contribution in [2.75, 3.05) is 33.7 Å². The van der Waals surface area contributed by atoms with Gasteiger partial charge in [-0.15, -0.1) is 0 Å². The average molecular weight is 279 g/mol. The largest absolute Gasteiger partial charge is 0.347 e. The van der Waals surface area contributed by atoms with Gasteiger partial charge >= 0.3 is 0 Å². The number of amides is 2. The third-order valence-corrected chi connectivity index (χ3v) is 5.19. The summed E-state index contributed by atoms with van der Waals surface area (Å²) in [6.45, 7) is 2.05. The van der Waals surface area contributed by atoms with E-state index in [-0.39, 0.29) is 23.8 Å². The molecule has 1 saturated heterocycles. The average Bonchev–Trinajstić information content (AvgIpc) is 3.20. The number of hydrogen-bond acceptors (Lipinski definition) is 3. The maximum absolute atomic E-state index is 12.8. The molecule has 5 heteroatoms. The van der Waals surface area contributed by atoms with Gasteiger partial charge in [0.15, 0.2) is 0 Å². The summed E-state index contributed by atoms with van der Waals surface area (Å²) in [6.07, 6.45) is 4.96. The molecule has 5 nitrogen and oxygen atoms in total. The first-order valence-electron chi connectivity index (χ1n) is 7.83. The Hall–Kier alpha value is -1.10. The molecule has 0 bridgehead atoms. The Bertz CT molecular complexity index is 398. The van der Waals surface area contributed by atoms with E-state index in [1.807, 2.05) is 4.90 Å². The van der Waals surface area contributed by atoms with Gasteiger partial charge in [-0.3, -0.25) is 9.59 Å². The van der Waals surface area contributed by atoms with Crippen LogP contribution in [0.15, 0.2) is 0 Å². The lowest BCUT2D eigenvalue weighted by molar-refractivity contribution is -0.146. The minimum absolute atomic E-state index is 0.0363. The van der Waals surface area contributed by atoms with Gasteiger partial charge in [-0.05, 0) is 24.7 Å². The van der Waals surface area contributed by atoms with E-state index in [0.29, 0.717) is 24.9 Å². The number of likely N-dealkylation sites (N-methyl/N-ethyl adjacent to an activating group) is 1. The highest BCUT2D eigenvalue weighted by Crippen LogP contribution is 2.56. The summed E-state index contributed by atoms with van der Waals surface area (Å²) in [5.41, 5.74) is 0. The standard InChI is InChI=1S/C15H25N3O2/c1-17(2)14(19)12-9-16-7-8-18(12)15(20)13-10-5-3-4-6-11(10)13/h10-13,16H,3-9H2,1-2H3. The van der Waals surface area contributed by atoms with Crippen molar-refractivity contribution in [3.8, 4) is 0 Å². The number of nitrogens with zero attached hydrogens (tertiary/aromatic N) is 2. The Morgan fingerprint density at radius 2 is 1.80 bits per heavy atom.